The van der Waals surface area contributed by atoms with Gasteiger partial charge in [-0.1, -0.05) is 43.5 Å². The van der Waals surface area contributed by atoms with Gasteiger partial charge in [-0.15, -0.1) is 0 Å². The highest BCUT2D eigenvalue weighted by Gasteiger charge is 2.38. The molecule has 1 amide bonds. The van der Waals surface area contributed by atoms with Gasteiger partial charge >= 0.3 is 0 Å². The first-order valence-electron chi connectivity index (χ1n) is 12.3. The molecule has 0 unspecified atom stereocenters. The molecule has 7 nitrogen and oxygen atoms in total. The maximum Gasteiger partial charge on any atom is 0.222 e. The first-order chi connectivity index (χ1) is 15.7. The summed E-state index contributed by atoms with van der Waals surface area (Å²) in [7, 11) is 1.84. The molecule has 3 fully saturated rings. The average Bonchev–Trinajstić information content (AvgIpc) is 3.25. The molecule has 0 atom stereocenters. The van der Waals surface area contributed by atoms with Gasteiger partial charge in [0.05, 0.1) is 13.2 Å². The fourth-order valence-electron chi connectivity index (χ4n) is 5.36. The number of likely N-dealkylation sites (tertiary alicyclic amines) is 1. The predicted molar refractivity (Wildman–Crippen MR) is 128 cm³/mol. The maximum absolute atomic E-state index is 11.8. The Morgan fingerprint density at radius 3 is 2.38 bits per heavy atom. The minimum atomic E-state index is 0.217. The number of aliphatic imine (C=N–C) groups is 1. The molecule has 4 rings (SSSR count). The van der Waals surface area contributed by atoms with E-state index in [-0.39, 0.29) is 11.4 Å². The largest absolute Gasteiger partial charge is 0.379 e. The van der Waals surface area contributed by atoms with E-state index in [0.717, 1.165) is 64.9 Å². The summed E-state index contributed by atoms with van der Waals surface area (Å²) in [5.74, 6) is 1.13. The van der Waals surface area contributed by atoms with E-state index in [9.17, 15) is 4.79 Å². The number of nitrogens with zero attached hydrogens (tertiary/aromatic N) is 3. The molecule has 176 valence electrons. The summed E-state index contributed by atoms with van der Waals surface area (Å²) in [5.41, 5.74) is 2.62. The monoisotopic (exact) mass is 441 g/mol. The lowest BCUT2D eigenvalue weighted by Crippen LogP contribution is -2.60. The quantitative estimate of drug-likeness (QED) is 0.503. The summed E-state index contributed by atoms with van der Waals surface area (Å²) in [6, 6.07) is 8.56. The van der Waals surface area contributed by atoms with Gasteiger partial charge in [0.25, 0.3) is 0 Å². The van der Waals surface area contributed by atoms with Crippen LogP contribution < -0.4 is 10.6 Å². The van der Waals surface area contributed by atoms with Crippen LogP contribution >= 0.6 is 0 Å². The van der Waals surface area contributed by atoms with E-state index in [0.29, 0.717) is 6.42 Å². The first kappa shape index (κ1) is 23.1. The van der Waals surface area contributed by atoms with Crippen molar-refractivity contribution in [3.8, 4) is 0 Å². The van der Waals surface area contributed by atoms with Crippen LogP contribution in [0.15, 0.2) is 29.3 Å². The summed E-state index contributed by atoms with van der Waals surface area (Å²) in [6.45, 7) is 7.01. The number of ether oxygens (including phenoxy) is 1. The number of morpholine rings is 1. The molecule has 0 bridgehead atoms. The molecule has 2 N–H and O–H groups in total. The van der Waals surface area contributed by atoms with Crippen LogP contribution in [0.3, 0.4) is 0 Å². The van der Waals surface area contributed by atoms with Gasteiger partial charge in [0.1, 0.15) is 0 Å². The number of hydrogen-bond donors (Lipinski definition) is 2. The first-order valence-corrected chi connectivity index (χ1v) is 12.3. The van der Waals surface area contributed by atoms with E-state index in [1.807, 2.05) is 11.9 Å². The standard InChI is InChI=1S/C25H39N5O2/c1-26-24(28-20-25(11-3-2-4-12-25)30-14-16-32-17-15-30)27-18-21-7-9-22(10-8-21)19-29-13-5-6-23(29)31/h7-10H,2-6,11-20H2,1H3,(H2,26,27,28). The topological polar surface area (TPSA) is 69.2 Å². The number of benzene rings is 1. The molecular formula is C25H39N5O2. The minimum absolute atomic E-state index is 0.217. The number of hydrogen-bond acceptors (Lipinski definition) is 4. The summed E-state index contributed by atoms with van der Waals surface area (Å²) in [4.78, 5) is 20.9. The molecule has 0 aromatic heterocycles. The van der Waals surface area contributed by atoms with Crippen molar-refractivity contribution >= 4 is 11.9 Å². The van der Waals surface area contributed by atoms with Crippen LogP contribution in [0.4, 0.5) is 0 Å². The summed E-state index contributed by atoms with van der Waals surface area (Å²) in [5, 5.41) is 7.10. The molecule has 2 aliphatic heterocycles. The van der Waals surface area contributed by atoms with Crippen molar-refractivity contribution in [2.75, 3.05) is 46.4 Å². The van der Waals surface area contributed by atoms with Gasteiger partial charge in [0.15, 0.2) is 5.96 Å². The second-order valence-corrected chi connectivity index (χ2v) is 9.40. The van der Waals surface area contributed by atoms with Gasteiger partial charge in [-0.3, -0.25) is 14.7 Å². The minimum Gasteiger partial charge on any atom is -0.379 e. The van der Waals surface area contributed by atoms with Crippen LogP contribution in [0.1, 0.15) is 56.1 Å². The third-order valence-corrected chi connectivity index (χ3v) is 7.30. The van der Waals surface area contributed by atoms with Gasteiger partial charge in [-0.2, -0.15) is 0 Å². The van der Waals surface area contributed by atoms with Crippen LogP contribution in [0.25, 0.3) is 0 Å². The molecule has 1 aromatic rings. The summed E-state index contributed by atoms with van der Waals surface area (Å²) >= 11 is 0. The normalized spacial score (nSPS) is 22.2. The molecule has 0 radical (unpaired) electrons. The van der Waals surface area contributed by atoms with Crippen molar-refractivity contribution in [2.45, 2.75) is 63.6 Å². The van der Waals surface area contributed by atoms with E-state index >= 15 is 0 Å². The zero-order valence-electron chi connectivity index (χ0n) is 19.6. The van der Waals surface area contributed by atoms with E-state index in [4.69, 9.17) is 4.74 Å². The number of rotatable bonds is 7. The maximum atomic E-state index is 11.8. The molecule has 2 heterocycles. The van der Waals surface area contributed by atoms with Crippen molar-refractivity contribution in [3.05, 3.63) is 35.4 Å². The lowest BCUT2D eigenvalue weighted by molar-refractivity contribution is -0.128. The van der Waals surface area contributed by atoms with E-state index < -0.39 is 0 Å². The zero-order chi connectivity index (χ0) is 22.2. The van der Waals surface area contributed by atoms with Crippen molar-refractivity contribution in [1.82, 2.24) is 20.4 Å². The second-order valence-electron chi connectivity index (χ2n) is 9.40. The fraction of sp³-hybridized carbons (Fsp3) is 0.680. The number of carbonyl (C=O) groups is 1. The number of carbonyl (C=O) groups excluding carboxylic acids is 1. The van der Waals surface area contributed by atoms with Crippen molar-refractivity contribution in [1.29, 1.82) is 0 Å². The van der Waals surface area contributed by atoms with Gasteiger partial charge in [0, 0.05) is 58.3 Å². The highest BCUT2D eigenvalue weighted by Crippen LogP contribution is 2.33. The van der Waals surface area contributed by atoms with Crippen LogP contribution in [-0.2, 0) is 22.6 Å². The number of guanidine groups is 1. The molecule has 0 spiro atoms. The Kier molecular flexibility index (Phi) is 8.03. The van der Waals surface area contributed by atoms with Gasteiger partial charge < -0.3 is 20.3 Å². The van der Waals surface area contributed by atoms with Crippen molar-refractivity contribution < 1.29 is 9.53 Å². The Bertz CT molecular complexity index is 767. The lowest BCUT2D eigenvalue weighted by Gasteiger charge is -2.48. The Labute approximate surface area is 192 Å². The number of nitrogens with one attached hydrogen (secondary N) is 2. The molecule has 1 aliphatic carbocycles. The summed E-state index contributed by atoms with van der Waals surface area (Å²) < 4.78 is 5.60. The molecule has 2 saturated heterocycles. The van der Waals surface area contributed by atoms with Crippen molar-refractivity contribution in [2.24, 2.45) is 4.99 Å². The predicted octanol–water partition coefficient (Wildman–Crippen LogP) is 2.51. The van der Waals surface area contributed by atoms with Crippen LogP contribution in [-0.4, -0.2) is 73.6 Å². The molecule has 1 aromatic carbocycles. The Balaban J connectivity index is 1.28. The van der Waals surface area contributed by atoms with Gasteiger partial charge in [-0.25, -0.2) is 0 Å². The van der Waals surface area contributed by atoms with Crippen molar-refractivity contribution in [3.63, 3.8) is 0 Å². The third kappa shape index (κ3) is 5.81. The highest BCUT2D eigenvalue weighted by atomic mass is 16.5. The second kappa shape index (κ2) is 11.1. The van der Waals surface area contributed by atoms with Crippen LogP contribution in [0.5, 0.6) is 0 Å². The van der Waals surface area contributed by atoms with Gasteiger partial charge in [-0.05, 0) is 30.4 Å². The van der Waals surface area contributed by atoms with Crippen LogP contribution in [0.2, 0.25) is 0 Å². The SMILES string of the molecule is CN=C(NCc1ccc(CN2CCCC2=O)cc1)NCC1(N2CCOCC2)CCCCC1. The Morgan fingerprint density at radius 1 is 1.00 bits per heavy atom. The average molecular weight is 442 g/mol. The Morgan fingerprint density at radius 2 is 1.72 bits per heavy atom. The molecule has 1 saturated carbocycles. The molecule has 3 aliphatic rings. The zero-order valence-corrected chi connectivity index (χ0v) is 19.6. The fourth-order valence-corrected chi connectivity index (χ4v) is 5.36. The Hall–Kier alpha value is -2.12. The van der Waals surface area contributed by atoms with E-state index in [2.05, 4.69) is 44.8 Å². The smallest absolute Gasteiger partial charge is 0.222 e. The molecule has 7 heteroatoms. The van der Waals surface area contributed by atoms with E-state index in [1.165, 1.54) is 43.2 Å². The van der Waals surface area contributed by atoms with E-state index in [1.54, 1.807) is 0 Å². The van der Waals surface area contributed by atoms with Gasteiger partial charge in [0.2, 0.25) is 5.91 Å². The molecular weight excluding hydrogens is 402 g/mol. The lowest BCUT2D eigenvalue weighted by atomic mass is 9.80. The van der Waals surface area contributed by atoms with Crippen LogP contribution in [0, 0.1) is 0 Å². The number of amides is 1. The molecule has 32 heavy (non-hydrogen) atoms. The highest BCUT2D eigenvalue weighted by molar-refractivity contribution is 5.79. The summed E-state index contributed by atoms with van der Waals surface area (Å²) in [6.07, 6.45) is 8.14. The third-order valence-electron chi connectivity index (χ3n) is 7.30.